The highest BCUT2D eigenvalue weighted by Gasteiger charge is 2.16. The predicted octanol–water partition coefficient (Wildman–Crippen LogP) is 30.1. The molecule has 0 heterocycles. The van der Waals surface area contributed by atoms with Gasteiger partial charge in [-0.3, -0.25) is 19.2 Å². The van der Waals surface area contributed by atoms with Crippen LogP contribution in [0.3, 0.4) is 0 Å². The van der Waals surface area contributed by atoms with E-state index >= 15 is 0 Å². The van der Waals surface area contributed by atoms with Crippen LogP contribution in [0.25, 0.3) is 0 Å². The number of ether oxygens (including phenoxy) is 4. The van der Waals surface area contributed by atoms with Crippen LogP contribution < -0.4 is 0 Å². The predicted molar refractivity (Wildman–Crippen MR) is 426 cm³/mol. The Morgan fingerprint density at radius 1 is 0.173 bits per heavy atom. The van der Waals surface area contributed by atoms with Crippen LogP contribution in [0, 0.1) is 23.7 Å². The van der Waals surface area contributed by atoms with E-state index in [2.05, 4.69) is 55.4 Å². The number of esters is 4. The van der Waals surface area contributed by atoms with Crippen LogP contribution in [-0.2, 0) is 38.1 Å². The van der Waals surface area contributed by atoms with E-state index < -0.39 is 0 Å². The van der Waals surface area contributed by atoms with Crippen molar-refractivity contribution < 1.29 is 38.1 Å². The SMILES string of the molecule is CCCCCCCCCCCCCCCCCC(=O)OCC(CCCCCCCC)CCCCCCCCC(=O)OCC(CC)CCCC.CCCCCCCCCCCCCCCCCC(=O)OCC(CCCCCCCCC)CCCCCCCC(=O)OCC(CC)CCCC. The summed E-state index contributed by atoms with van der Waals surface area (Å²) < 4.78 is 22.8. The number of hydrogen-bond acceptors (Lipinski definition) is 8. The zero-order valence-electron chi connectivity index (χ0n) is 67.9. The molecule has 584 valence electrons. The van der Waals surface area contributed by atoms with E-state index in [0.717, 1.165) is 70.6 Å². The molecule has 4 atom stereocenters. The van der Waals surface area contributed by atoms with Gasteiger partial charge in [-0.1, -0.05) is 415 Å². The average Bonchev–Trinajstić information content (AvgIpc) is 3.11. The fourth-order valence-corrected chi connectivity index (χ4v) is 14.1. The van der Waals surface area contributed by atoms with Crippen molar-refractivity contribution in [2.75, 3.05) is 26.4 Å². The van der Waals surface area contributed by atoms with E-state index in [1.54, 1.807) is 0 Å². The normalized spacial score (nSPS) is 12.7. The monoisotopic (exact) mass is 1390 g/mol. The number of unbranched alkanes of at least 4 members (excludes halogenated alkanes) is 50. The molecule has 8 heteroatoms. The van der Waals surface area contributed by atoms with Crippen molar-refractivity contribution in [1.29, 1.82) is 0 Å². The molecule has 0 aliphatic heterocycles. The van der Waals surface area contributed by atoms with Crippen LogP contribution in [0.2, 0.25) is 0 Å². The Kier molecular flexibility index (Phi) is 83.8. The molecule has 0 saturated carbocycles. The van der Waals surface area contributed by atoms with Gasteiger partial charge in [0.1, 0.15) is 0 Å². The Hall–Kier alpha value is -2.12. The Balaban J connectivity index is 0. The summed E-state index contributed by atoms with van der Waals surface area (Å²) in [6.45, 7) is 20.4. The number of rotatable bonds is 80. The lowest BCUT2D eigenvalue weighted by atomic mass is 9.94. The summed E-state index contributed by atoms with van der Waals surface area (Å²) in [5.41, 5.74) is 0. The molecule has 98 heavy (non-hydrogen) atoms. The summed E-state index contributed by atoms with van der Waals surface area (Å²) >= 11 is 0. The first-order valence-corrected chi connectivity index (χ1v) is 44.8. The highest BCUT2D eigenvalue weighted by atomic mass is 16.5. The minimum Gasteiger partial charge on any atom is -0.465 e. The first-order valence-electron chi connectivity index (χ1n) is 44.8. The lowest BCUT2D eigenvalue weighted by Crippen LogP contribution is -2.14. The standard InChI is InChI=1S/2C45H88O4/c1-5-9-12-14-16-17-18-19-20-21-22-23-24-29-33-39-45(47)49-41-43(36-31-27-15-13-10-6-2)37-32-28-25-26-30-34-38-44(46)48-40-42(8-4)35-11-7-3;1-5-9-12-14-16-17-18-19-20-21-22-23-25-29-33-39-45(47)49-41-43(36-31-27-24-15-13-10-6-2)37-32-28-26-30-34-38-44(46)48-40-42(8-4)35-11-7-3/h2*42-43H,5-41H2,1-4H3. The largest absolute Gasteiger partial charge is 0.465 e. The summed E-state index contributed by atoms with van der Waals surface area (Å²) in [6.07, 6.45) is 86.4. The number of carbonyl (C=O) groups excluding carboxylic acids is 4. The van der Waals surface area contributed by atoms with Crippen LogP contribution in [0.15, 0.2) is 0 Å². The van der Waals surface area contributed by atoms with E-state index in [9.17, 15) is 19.2 Å². The van der Waals surface area contributed by atoms with Crippen LogP contribution in [0.5, 0.6) is 0 Å². The maximum Gasteiger partial charge on any atom is 0.305 e. The first-order chi connectivity index (χ1) is 48.1. The molecule has 0 saturated heterocycles. The van der Waals surface area contributed by atoms with Crippen LogP contribution >= 0.6 is 0 Å². The number of hydrogen-bond donors (Lipinski definition) is 0. The molecule has 0 aromatic carbocycles. The van der Waals surface area contributed by atoms with Gasteiger partial charge in [-0.2, -0.15) is 0 Å². The lowest BCUT2D eigenvalue weighted by molar-refractivity contribution is -0.146. The zero-order chi connectivity index (χ0) is 71.8. The van der Waals surface area contributed by atoms with Gasteiger partial charge in [-0.05, 0) is 87.9 Å². The smallest absolute Gasteiger partial charge is 0.305 e. The van der Waals surface area contributed by atoms with E-state index in [-0.39, 0.29) is 23.9 Å². The highest BCUT2D eigenvalue weighted by Crippen LogP contribution is 2.25. The fraction of sp³-hybridized carbons (Fsp3) is 0.956. The minimum atomic E-state index is -0.0177. The summed E-state index contributed by atoms with van der Waals surface area (Å²) in [5.74, 6) is 2.05. The van der Waals surface area contributed by atoms with E-state index in [0.29, 0.717) is 75.8 Å². The molecule has 0 N–H and O–H groups in total. The van der Waals surface area contributed by atoms with Gasteiger partial charge in [-0.25, -0.2) is 0 Å². The van der Waals surface area contributed by atoms with Crippen LogP contribution in [0.1, 0.15) is 505 Å². The second-order valence-corrected chi connectivity index (χ2v) is 31.1. The quantitative estimate of drug-likeness (QED) is 0.0337. The summed E-state index contributed by atoms with van der Waals surface area (Å²) in [4.78, 5) is 49.4. The van der Waals surface area contributed by atoms with Gasteiger partial charge in [0, 0.05) is 25.7 Å². The molecule has 4 unspecified atom stereocenters. The summed E-state index contributed by atoms with van der Waals surface area (Å²) in [6, 6.07) is 0. The molecule has 8 nitrogen and oxygen atoms in total. The Labute approximate surface area is 613 Å². The molecule has 0 aromatic rings. The second kappa shape index (κ2) is 83.8. The van der Waals surface area contributed by atoms with E-state index in [4.69, 9.17) is 18.9 Å². The lowest BCUT2D eigenvalue weighted by Gasteiger charge is -2.17. The van der Waals surface area contributed by atoms with Gasteiger partial charge >= 0.3 is 23.9 Å². The van der Waals surface area contributed by atoms with Crippen LogP contribution in [0.4, 0.5) is 0 Å². The molecule has 0 aliphatic carbocycles. The zero-order valence-corrected chi connectivity index (χ0v) is 67.9. The molecule has 0 aromatic heterocycles. The Morgan fingerprint density at radius 3 is 0.490 bits per heavy atom. The molecule has 0 amide bonds. The van der Waals surface area contributed by atoms with Gasteiger partial charge in [0.05, 0.1) is 26.4 Å². The maximum atomic E-state index is 12.5. The van der Waals surface area contributed by atoms with Gasteiger partial charge in [-0.15, -0.1) is 0 Å². The molecular weight excluding hydrogens is 1210 g/mol. The third-order valence-electron chi connectivity index (χ3n) is 21.4. The topological polar surface area (TPSA) is 105 Å². The highest BCUT2D eigenvalue weighted by molar-refractivity contribution is 5.70. The molecule has 0 radical (unpaired) electrons. The van der Waals surface area contributed by atoms with Gasteiger partial charge in [0.15, 0.2) is 0 Å². The molecule has 0 rings (SSSR count). The van der Waals surface area contributed by atoms with E-state index in [1.165, 1.54) is 353 Å². The van der Waals surface area contributed by atoms with Crippen molar-refractivity contribution in [2.24, 2.45) is 23.7 Å². The van der Waals surface area contributed by atoms with Gasteiger partial charge in [0.25, 0.3) is 0 Å². The fourth-order valence-electron chi connectivity index (χ4n) is 14.1. The molecule has 0 bridgehead atoms. The molecule has 0 spiro atoms. The van der Waals surface area contributed by atoms with Gasteiger partial charge < -0.3 is 18.9 Å². The average molecular weight is 1390 g/mol. The van der Waals surface area contributed by atoms with Crippen molar-refractivity contribution in [1.82, 2.24) is 0 Å². The second-order valence-electron chi connectivity index (χ2n) is 31.1. The van der Waals surface area contributed by atoms with E-state index in [1.807, 2.05) is 0 Å². The number of carbonyl (C=O) groups is 4. The third-order valence-corrected chi connectivity index (χ3v) is 21.4. The first kappa shape index (κ1) is 97.9. The molecular formula is C90H176O8. The Morgan fingerprint density at radius 2 is 0.316 bits per heavy atom. The maximum absolute atomic E-state index is 12.5. The molecule has 0 aliphatic rings. The van der Waals surface area contributed by atoms with Crippen molar-refractivity contribution in [3.63, 3.8) is 0 Å². The minimum absolute atomic E-state index is 0.0124. The van der Waals surface area contributed by atoms with Crippen molar-refractivity contribution >= 4 is 23.9 Å². The summed E-state index contributed by atoms with van der Waals surface area (Å²) in [5, 5.41) is 0. The third kappa shape index (κ3) is 78.0. The van der Waals surface area contributed by atoms with Crippen molar-refractivity contribution in [2.45, 2.75) is 505 Å². The molecule has 0 fully saturated rings. The Bertz CT molecular complexity index is 1580. The summed E-state index contributed by atoms with van der Waals surface area (Å²) in [7, 11) is 0. The van der Waals surface area contributed by atoms with Crippen LogP contribution in [-0.4, -0.2) is 50.3 Å². The van der Waals surface area contributed by atoms with Gasteiger partial charge in [0.2, 0.25) is 0 Å². The van der Waals surface area contributed by atoms with Crippen molar-refractivity contribution in [3.8, 4) is 0 Å². The van der Waals surface area contributed by atoms with Crippen molar-refractivity contribution in [3.05, 3.63) is 0 Å².